The van der Waals surface area contributed by atoms with Gasteiger partial charge in [-0.25, -0.2) is 0 Å². The van der Waals surface area contributed by atoms with Gasteiger partial charge >= 0.3 is 0 Å². The molecule has 0 radical (unpaired) electrons. The summed E-state index contributed by atoms with van der Waals surface area (Å²) in [5.41, 5.74) is 4.20. The average molecular weight is 254 g/mol. The minimum atomic E-state index is 0.316. The van der Waals surface area contributed by atoms with Gasteiger partial charge < -0.3 is 9.88 Å². The van der Waals surface area contributed by atoms with Gasteiger partial charge in [0.2, 0.25) is 0 Å². The van der Waals surface area contributed by atoms with Crippen molar-refractivity contribution >= 4 is 11.8 Å². The van der Waals surface area contributed by atoms with Crippen LogP contribution in [0.3, 0.4) is 0 Å². The number of rotatable bonds is 6. The zero-order valence-corrected chi connectivity index (χ0v) is 12.9. The predicted molar refractivity (Wildman–Crippen MR) is 78.9 cm³/mol. The molecule has 1 N–H and O–H groups in total. The number of aryl methyl sites for hydroxylation is 1. The molecule has 0 spiro atoms. The van der Waals surface area contributed by atoms with Gasteiger partial charge in [-0.05, 0) is 52.5 Å². The van der Waals surface area contributed by atoms with Gasteiger partial charge in [0, 0.05) is 35.8 Å². The topological polar surface area (TPSA) is 17.0 Å². The molecular formula is C14H26N2S. The molecule has 0 aliphatic heterocycles. The molecule has 0 bridgehead atoms. The SMILES string of the molecule is CCn1c(C)cc(CNCC(C)(C)SC)c1C. The fourth-order valence-corrected chi connectivity index (χ4v) is 2.35. The maximum atomic E-state index is 3.56. The van der Waals surface area contributed by atoms with Crippen LogP contribution in [0.2, 0.25) is 0 Å². The van der Waals surface area contributed by atoms with Crippen molar-refractivity contribution < 1.29 is 0 Å². The lowest BCUT2D eigenvalue weighted by Gasteiger charge is -2.22. The number of aromatic nitrogens is 1. The van der Waals surface area contributed by atoms with Crippen LogP contribution >= 0.6 is 11.8 Å². The Morgan fingerprint density at radius 1 is 1.35 bits per heavy atom. The van der Waals surface area contributed by atoms with Crippen LogP contribution in [0.4, 0.5) is 0 Å². The zero-order chi connectivity index (χ0) is 13.1. The molecule has 0 aromatic carbocycles. The van der Waals surface area contributed by atoms with Crippen LogP contribution in [-0.4, -0.2) is 22.1 Å². The van der Waals surface area contributed by atoms with Crippen LogP contribution < -0.4 is 5.32 Å². The first kappa shape index (κ1) is 14.7. The van der Waals surface area contributed by atoms with Crippen molar-refractivity contribution in [3.8, 4) is 0 Å². The summed E-state index contributed by atoms with van der Waals surface area (Å²) in [6.07, 6.45) is 2.17. The molecule has 0 fully saturated rings. The summed E-state index contributed by atoms with van der Waals surface area (Å²) in [5.74, 6) is 0. The van der Waals surface area contributed by atoms with Gasteiger partial charge in [-0.2, -0.15) is 11.8 Å². The Balaban J connectivity index is 2.59. The van der Waals surface area contributed by atoms with E-state index >= 15 is 0 Å². The van der Waals surface area contributed by atoms with E-state index in [0.717, 1.165) is 19.6 Å². The predicted octanol–water partition coefficient (Wildman–Crippen LogP) is 3.36. The highest BCUT2D eigenvalue weighted by Gasteiger charge is 2.15. The van der Waals surface area contributed by atoms with E-state index in [1.807, 2.05) is 11.8 Å². The number of hydrogen-bond donors (Lipinski definition) is 1. The normalized spacial score (nSPS) is 12.1. The van der Waals surface area contributed by atoms with E-state index in [-0.39, 0.29) is 0 Å². The molecule has 0 saturated heterocycles. The average Bonchev–Trinajstić information content (AvgIpc) is 2.54. The number of thioether (sulfide) groups is 1. The van der Waals surface area contributed by atoms with Crippen LogP contribution in [0.25, 0.3) is 0 Å². The molecule has 0 amide bonds. The van der Waals surface area contributed by atoms with Crippen molar-refractivity contribution in [3.05, 3.63) is 23.0 Å². The molecule has 0 atom stereocenters. The van der Waals surface area contributed by atoms with E-state index in [1.54, 1.807) is 0 Å². The number of hydrogen-bond acceptors (Lipinski definition) is 2. The second-order valence-electron chi connectivity index (χ2n) is 5.21. The monoisotopic (exact) mass is 254 g/mol. The summed E-state index contributed by atoms with van der Waals surface area (Å²) in [7, 11) is 0. The van der Waals surface area contributed by atoms with E-state index < -0.39 is 0 Å². The van der Waals surface area contributed by atoms with Crippen molar-refractivity contribution in [2.45, 2.75) is 52.5 Å². The molecule has 98 valence electrons. The van der Waals surface area contributed by atoms with E-state index in [9.17, 15) is 0 Å². The molecule has 1 heterocycles. The Morgan fingerprint density at radius 3 is 2.47 bits per heavy atom. The third-order valence-corrected chi connectivity index (χ3v) is 4.66. The summed E-state index contributed by atoms with van der Waals surface area (Å²) >= 11 is 1.91. The molecule has 17 heavy (non-hydrogen) atoms. The highest BCUT2D eigenvalue weighted by molar-refractivity contribution is 7.99. The molecule has 1 aromatic heterocycles. The minimum absolute atomic E-state index is 0.316. The third kappa shape index (κ3) is 3.78. The summed E-state index contributed by atoms with van der Waals surface area (Å²) in [5, 5.41) is 3.56. The van der Waals surface area contributed by atoms with Gasteiger partial charge in [-0.3, -0.25) is 0 Å². The Hall–Kier alpha value is -0.410. The van der Waals surface area contributed by atoms with Crippen LogP contribution in [0.15, 0.2) is 6.07 Å². The van der Waals surface area contributed by atoms with Crippen molar-refractivity contribution in [1.29, 1.82) is 0 Å². The van der Waals surface area contributed by atoms with Crippen LogP contribution in [0, 0.1) is 13.8 Å². The number of nitrogens with one attached hydrogen (secondary N) is 1. The van der Waals surface area contributed by atoms with Gasteiger partial charge in [0.25, 0.3) is 0 Å². The minimum Gasteiger partial charge on any atom is -0.349 e. The lowest BCUT2D eigenvalue weighted by atomic mass is 10.2. The standard InChI is InChI=1S/C14H26N2S/c1-7-16-11(2)8-13(12(16)3)9-15-10-14(4,5)17-6/h8,15H,7,9-10H2,1-6H3. The summed E-state index contributed by atoms with van der Waals surface area (Å²) in [6, 6.07) is 2.30. The maximum absolute atomic E-state index is 3.56. The van der Waals surface area contributed by atoms with Gasteiger partial charge in [0.05, 0.1) is 0 Å². The molecule has 0 aliphatic rings. The molecule has 1 aromatic rings. The first-order valence-electron chi connectivity index (χ1n) is 6.32. The van der Waals surface area contributed by atoms with E-state index in [2.05, 4.69) is 56.8 Å². The quantitative estimate of drug-likeness (QED) is 0.838. The van der Waals surface area contributed by atoms with Crippen molar-refractivity contribution in [3.63, 3.8) is 0 Å². The molecule has 3 heteroatoms. The molecule has 0 saturated carbocycles. The highest BCUT2D eigenvalue weighted by atomic mass is 32.2. The smallest absolute Gasteiger partial charge is 0.0225 e. The Morgan fingerprint density at radius 2 is 2.00 bits per heavy atom. The lowest BCUT2D eigenvalue weighted by Crippen LogP contribution is -2.31. The maximum Gasteiger partial charge on any atom is 0.0225 e. The zero-order valence-electron chi connectivity index (χ0n) is 12.1. The molecule has 0 unspecified atom stereocenters. The summed E-state index contributed by atoms with van der Waals surface area (Å²) in [4.78, 5) is 0. The van der Waals surface area contributed by atoms with E-state index in [0.29, 0.717) is 4.75 Å². The molecular weight excluding hydrogens is 228 g/mol. The van der Waals surface area contributed by atoms with Gasteiger partial charge in [-0.1, -0.05) is 0 Å². The van der Waals surface area contributed by atoms with Gasteiger partial charge in [0.1, 0.15) is 0 Å². The van der Waals surface area contributed by atoms with Crippen molar-refractivity contribution in [2.75, 3.05) is 12.8 Å². The lowest BCUT2D eigenvalue weighted by molar-refractivity contribution is 0.588. The van der Waals surface area contributed by atoms with Crippen LogP contribution in [0.5, 0.6) is 0 Å². The summed E-state index contributed by atoms with van der Waals surface area (Å²) in [6.45, 7) is 14.2. The van der Waals surface area contributed by atoms with E-state index in [1.165, 1.54) is 17.0 Å². The van der Waals surface area contributed by atoms with Crippen molar-refractivity contribution in [1.82, 2.24) is 9.88 Å². The molecule has 1 rings (SSSR count). The largest absolute Gasteiger partial charge is 0.349 e. The molecule has 0 aliphatic carbocycles. The second-order valence-corrected chi connectivity index (χ2v) is 6.72. The van der Waals surface area contributed by atoms with Gasteiger partial charge in [0.15, 0.2) is 0 Å². The molecule has 2 nitrogen and oxygen atoms in total. The summed E-state index contributed by atoms with van der Waals surface area (Å²) < 4.78 is 2.69. The third-order valence-electron chi connectivity index (χ3n) is 3.41. The van der Waals surface area contributed by atoms with Crippen molar-refractivity contribution in [2.24, 2.45) is 0 Å². The van der Waals surface area contributed by atoms with E-state index in [4.69, 9.17) is 0 Å². The second kappa shape index (κ2) is 5.96. The van der Waals surface area contributed by atoms with Crippen LogP contribution in [0.1, 0.15) is 37.7 Å². The first-order valence-corrected chi connectivity index (χ1v) is 7.55. The Kier molecular flexibility index (Phi) is 5.14. The van der Waals surface area contributed by atoms with Gasteiger partial charge in [-0.15, -0.1) is 0 Å². The Labute approximate surface area is 110 Å². The Bertz CT molecular complexity index is 367. The fraction of sp³-hybridized carbons (Fsp3) is 0.714. The number of nitrogens with zero attached hydrogens (tertiary/aromatic N) is 1. The van der Waals surface area contributed by atoms with Crippen LogP contribution in [-0.2, 0) is 13.1 Å². The fourth-order valence-electron chi connectivity index (χ4n) is 2.11. The first-order chi connectivity index (χ1) is 7.91. The highest BCUT2D eigenvalue weighted by Crippen LogP contribution is 2.20.